The van der Waals surface area contributed by atoms with Gasteiger partial charge in [-0.2, -0.15) is 0 Å². The van der Waals surface area contributed by atoms with Crippen molar-refractivity contribution in [3.05, 3.63) is 33.4 Å². The van der Waals surface area contributed by atoms with Crippen molar-refractivity contribution in [2.45, 2.75) is 19.9 Å². The quantitative estimate of drug-likeness (QED) is 0.349. The molecule has 0 saturated carbocycles. The molecule has 0 spiro atoms. The molecular weight excluding hydrogens is 436 g/mol. The molecule has 1 atom stereocenters. The predicted molar refractivity (Wildman–Crippen MR) is 109 cm³/mol. The standard InChI is InChI=1S/C18H23BrN2O5S/c1-5-25-16-12(19)8-11(9-13(16)24-4)15-14(10(2)20-18(27)21-15)17(22)26-7-6-23-3/h8-9,15H,5-7H2,1-4H3,(H2,20,21,27)/t15-/m1/s1. The van der Waals surface area contributed by atoms with E-state index >= 15 is 0 Å². The molecule has 0 fully saturated rings. The van der Waals surface area contributed by atoms with Crippen molar-refractivity contribution in [1.29, 1.82) is 0 Å². The van der Waals surface area contributed by atoms with Gasteiger partial charge in [0.25, 0.3) is 0 Å². The Hall–Kier alpha value is -1.84. The van der Waals surface area contributed by atoms with E-state index in [2.05, 4.69) is 26.6 Å². The Morgan fingerprint density at radius 2 is 2.04 bits per heavy atom. The van der Waals surface area contributed by atoms with Gasteiger partial charge in [-0.15, -0.1) is 0 Å². The fraction of sp³-hybridized carbons (Fsp3) is 0.444. The van der Waals surface area contributed by atoms with Crippen LogP contribution in [0, 0.1) is 0 Å². The molecule has 1 heterocycles. The topological polar surface area (TPSA) is 78.1 Å². The smallest absolute Gasteiger partial charge is 0.338 e. The zero-order valence-corrected chi connectivity index (χ0v) is 18.1. The van der Waals surface area contributed by atoms with E-state index in [-0.39, 0.29) is 6.61 Å². The summed E-state index contributed by atoms with van der Waals surface area (Å²) in [4.78, 5) is 12.7. The number of carbonyl (C=O) groups excluding carboxylic acids is 1. The maximum absolute atomic E-state index is 12.7. The summed E-state index contributed by atoms with van der Waals surface area (Å²) in [6, 6.07) is 3.20. The Labute approximate surface area is 172 Å². The number of allylic oxidation sites excluding steroid dienone is 1. The van der Waals surface area contributed by atoms with E-state index in [4.69, 9.17) is 31.2 Å². The van der Waals surface area contributed by atoms with Crippen molar-refractivity contribution in [3.63, 3.8) is 0 Å². The van der Waals surface area contributed by atoms with Gasteiger partial charge in [-0.1, -0.05) is 0 Å². The maximum atomic E-state index is 12.7. The fourth-order valence-corrected chi connectivity index (χ4v) is 3.55. The minimum atomic E-state index is -0.491. The second-order valence-electron chi connectivity index (χ2n) is 5.67. The van der Waals surface area contributed by atoms with Gasteiger partial charge in [0.15, 0.2) is 16.6 Å². The van der Waals surface area contributed by atoms with E-state index in [0.29, 0.717) is 41.1 Å². The number of esters is 1. The molecule has 9 heteroatoms. The van der Waals surface area contributed by atoms with Gasteiger partial charge in [0, 0.05) is 12.8 Å². The number of thiocarbonyl (C=S) groups is 1. The molecule has 1 aromatic carbocycles. The molecule has 148 valence electrons. The minimum absolute atomic E-state index is 0.166. The fourth-order valence-electron chi connectivity index (χ4n) is 2.70. The minimum Gasteiger partial charge on any atom is -0.493 e. The molecule has 2 N–H and O–H groups in total. The van der Waals surface area contributed by atoms with Gasteiger partial charge in [0.05, 0.1) is 36.4 Å². The third-order valence-electron chi connectivity index (χ3n) is 3.88. The SMILES string of the molecule is CCOc1c(Br)cc([C@H]2NC(=S)NC(C)=C2C(=O)OCCOC)cc1OC. The lowest BCUT2D eigenvalue weighted by Crippen LogP contribution is -2.45. The van der Waals surface area contributed by atoms with Gasteiger partial charge in [-0.05, 0) is 59.7 Å². The van der Waals surface area contributed by atoms with Crippen LogP contribution in [-0.2, 0) is 14.3 Å². The number of nitrogens with one attached hydrogen (secondary N) is 2. The van der Waals surface area contributed by atoms with Gasteiger partial charge in [-0.25, -0.2) is 4.79 Å². The van der Waals surface area contributed by atoms with Crippen molar-refractivity contribution < 1.29 is 23.7 Å². The van der Waals surface area contributed by atoms with E-state index in [0.717, 1.165) is 10.0 Å². The highest BCUT2D eigenvalue weighted by Gasteiger charge is 2.32. The Kier molecular flexibility index (Phi) is 7.88. The van der Waals surface area contributed by atoms with Crippen LogP contribution in [0.5, 0.6) is 11.5 Å². The summed E-state index contributed by atoms with van der Waals surface area (Å²) in [7, 11) is 3.11. The lowest BCUT2D eigenvalue weighted by molar-refractivity contribution is -0.140. The highest BCUT2D eigenvalue weighted by atomic mass is 79.9. The van der Waals surface area contributed by atoms with Crippen molar-refractivity contribution in [2.24, 2.45) is 0 Å². The molecule has 0 aliphatic carbocycles. The summed E-state index contributed by atoms with van der Waals surface area (Å²) >= 11 is 8.79. The number of benzene rings is 1. The first-order chi connectivity index (χ1) is 12.9. The normalized spacial score (nSPS) is 16.5. The monoisotopic (exact) mass is 458 g/mol. The third kappa shape index (κ3) is 5.12. The van der Waals surface area contributed by atoms with Crippen LogP contribution in [0.15, 0.2) is 27.9 Å². The van der Waals surface area contributed by atoms with E-state index in [1.807, 2.05) is 19.1 Å². The van der Waals surface area contributed by atoms with Crippen molar-refractivity contribution in [3.8, 4) is 11.5 Å². The average molecular weight is 459 g/mol. The molecule has 0 amide bonds. The van der Waals surface area contributed by atoms with Gasteiger partial charge in [0.1, 0.15) is 6.61 Å². The molecule has 1 aromatic rings. The molecule has 1 aliphatic heterocycles. The Balaban J connectivity index is 2.44. The number of carbonyl (C=O) groups is 1. The number of methoxy groups -OCH3 is 2. The Morgan fingerprint density at radius 3 is 2.67 bits per heavy atom. The summed E-state index contributed by atoms with van der Waals surface area (Å²) in [5.74, 6) is 0.712. The van der Waals surface area contributed by atoms with E-state index in [1.54, 1.807) is 21.1 Å². The maximum Gasteiger partial charge on any atom is 0.338 e. The highest BCUT2D eigenvalue weighted by molar-refractivity contribution is 9.10. The number of halogens is 1. The molecule has 0 unspecified atom stereocenters. The van der Waals surface area contributed by atoms with Crippen LogP contribution >= 0.6 is 28.1 Å². The molecular formula is C18H23BrN2O5S. The lowest BCUT2D eigenvalue weighted by Gasteiger charge is -2.30. The molecule has 1 aliphatic rings. The molecule has 0 bridgehead atoms. The largest absolute Gasteiger partial charge is 0.493 e. The molecule has 0 saturated heterocycles. The number of ether oxygens (including phenoxy) is 4. The molecule has 0 radical (unpaired) electrons. The predicted octanol–water partition coefficient (Wildman–Crippen LogP) is 2.84. The highest BCUT2D eigenvalue weighted by Crippen LogP contribution is 2.40. The van der Waals surface area contributed by atoms with Gasteiger partial charge in [0.2, 0.25) is 0 Å². The molecule has 7 nitrogen and oxygen atoms in total. The van der Waals surface area contributed by atoms with Gasteiger partial charge in [-0.3, -0.25) is 0 Å². The van der Waals surface area contributed by atoms with E-state index in [9.17, 15) is 4.79 Å². The first-order valence-corrected chi connectivity index (χ1v) is 9.57. The summed E-state index contributed by atoms with van der Waals surface area (Å²) in [6.07, 6.45) is 0. The van der Waals surface area contributed by atoms with Crippen molar-refractivity contribution >= 4 is 39.2 Å². The Morgan fingerprint density at radius 1 is 1.30 bits per heavy atom. The van der Waals surface area contributed by atoms with Crippen molar-refractivity contribution in [2.75, 3.05) is 34.0 Å². The van der Waals surface area contributed by atoms with Crippen molar-refractivity contribution in [1.82, 2.24) is 10.6 Å². The van der Waals surface area contributed by atoms with Crippen LogP contribution in [0.2, 0.25) is 0 Å². The number of rotatable bonds is 8. The van der Waals surface area contributed by atoms with Crippen LogP contribution in [0.1, 0.15) is 25.5 Å². The number of hydrogen-bond donors (Lipinski definition) is 2. The molecule has 0 aromatic heterocycles. The molecule has 27 heavy (non-hydrogen) atoms. The second kappa shape index (κ2) is 9.91. The third-order valence-corrected chi connectivity index (χ3v) is 4.69. The zero-order valence-electron chi connectivity index (χ0n) is 15.7. The Bertz CT molecular complexity index is 754. The van der Waals surface area contributed by atoms with E-state index in [1.165, 1.54) is 0 Å². The van der Waals surface area contributed by atoms with Crippen LogP contribution in [0.25, 0.3) is 0 Å². The summed E-state index contributed by atoms with van der Waals surface area (Å²) in [6.45, 7) is 4.67. The average Bonchev–Trinajstić information content (AvgIpc) is 2.62. The van der Waals surface area contributed by atoms with E-state index < -0.39 is 12.0 Å². The summed E-state index contributed by atoms with van der Waals surface area (Å²) in [5, 5.41) is 6.53. The van der Waals surface area contributed by atoms with Crippen LogP contribution in [0.4, 0.5) is 0 Å². The van der Waals surface area contributed by atoms with Crippen LogP contribution in [0.3, 0.4) is 0 Å². The first-order valence-electron chi connectivity index (χ1n) is 8.37. The van der Waals surface area contributed by atoms with Gasteiger partial charge < -0.3 is 29.6 Å². The lowest BCUT2D eigenvalue weighted by atomic mass is 9.95. The van der Waals surface area contributed by atoms with Crippen LogP contribution in [-0.4, -0.2) is 45.1 Å². The summed E-state index contributed by atoms with van der Waals surface area (Å²) in [5.41, 5.74) is 1.86. The van der Waals surface area contributed by atoms with Gasteiger partial charge >= 0.3 is 5.97 Å². The zero-order chi connectivity index (χ0) is 20.0. The second-order valence-corrected chi connectivity index (χ2v) is 6.93. The summed E-state index contributed by atoms with van der Waals surface area (Å²) < 4.78 is 22.1. The molecule has 2 rings (SSSR count). The number of hydrogen-bond acceptors (Lipinski definition) is 6. The first kappa shape index (κ1) is 21.5. The van der Waals surface area contributed by atoms with Crippen LogP contribution < -0.4 is 20.1 Å².